The Morgan fingerprint density at radius 1 is 1.34 bits per heavy atom. The number of carbonyl (C=O) groups excluding carboxylic acids is 3. The lowest BCUT2D eigenvalue weighted by Gasteiger charge is -2.34. The lowest BCUT2D eigenvalue weighted by atomic mass is 10.1. The molecule has 178 valence electrons. The third-order valence-electron chi connectivity index (χ3n) is 4.32. The summed E-state index contributed by atoms with van der Waals surface area (Å²) in [7, 11) is 0. The van der Waals surface area contributed by atoms with E-state index in [2.05, 4.69) is 10.6 Å². The van der Waals surface area contributed by atoms with Crippen LogP contribution < -0.4 is 15.4 Å². The minimum absolute atomic E-state index is 0.00302. The van der Waals surface area contributed by atoms with Crippen LogP contribution in [0.15, 0.2) is 6.07 Å². The van der Waals surface area contributed by atoms with Gasteiger partial charge in [0.05, 0.1) is 36.4 Å². The van der Waals surface area contributed by atoms with Gasteiger partial charge >= 0.3 is 6.09 Å². The topological polar surface area (TPSA) is 126 Å². The zero-order valence-electron chi connectivity index (χ0n) is 18.9. The van der Waals surface area contributed by atoms with Crippen molar-refractivity contribution >= 4 is 35.2 Å². The first-order valence-corrected chi connectivity index (χ1v) is 10.6. The molecule has 3 amide bonds. The number of hydrogen-bond donors (Lipinski definition) is 3. The van der Waals surface area contributed by atoms with Gasteiger partial charge in [-0.2, -0.15) is 0 Å². The lowest BCUT2D eigenvalue weighted by Crippen LogP contribution is -2.50. The van der Waals surface area contributed by atoms with E-state index in [-0.39, 0.29) is 41.7 Å². The van der Waals surface area contributed by atoms with Gasteiger partial charge < -0.3 is 34.9 Å². The van der Waals surface area contributed by atoms with Gasteiger partial charge in [0.15, 0.2) is 11.5 Å². The number of nitrogens with one attached hydrogen (secondary N) is 2. The normalized spacial score (nSPS) is 16.3. The van der Waals surface area contributed by atoms with Crippen LogP contribution in [0, 0.1) is 0 Å². The van der Waals surface area contributed by atoms with Gasteiger partial charge in [-0.3, -0.25) is 9.59 Å². The Morgan fingerprint density at radius 3 is 2.62 bits per heavy atom. The number of amides is 3. The molecule has 0 aromatic heterocycles. The number of hydrogen-bond acceptors (Lipinski definition) is 7. The second kappa shape index (κ2) is 10.7. The molecule has 0 spiro atoms. The average molecular weight is 472 g/mol. The van der Waals surface area contributed by atoms with Crippen LogP contribution in [0.1, 0.15) is 45.0 Å². The molecule has 1 fully saturated rings. The van der Waals surface area contributed by atoms with Gasteiger partial charge in [0.2, 0.25) is 5.91 Å². The number of aromatic hydroxyl groups is 1. The van der Waals surface area contributed by atoms with E-state index in [4.69, 9.17) is 25.8 Å². The first kappa shape index (κ1) is 25.5. The molecule has 1 atom stereocenters. The SMILES string of the molecule is CCOc1c(C(=O)NCC2CN(C(=O)OC(C)(C)C)CCO2)cc(Cl)c(NC(C)=O)c1O. The van der Waals surface area contributed by atoms with Crippen molar-refractivity contribution in [3.05, 3.63) is 16.7 Å². The van der Waals surface area contributed by atoms with E-state index in [1.165, 1.54) is 17.9 Å². The predicted octanol–water partition coefficient (Wildman–Crippen LogP) is 2.77. The molecule has 0 bridgehead atoms. The summed E-state index contributed by atoms with van der Waals surface area (Å²) in [5.74, 6) is -1.54. The second-order valence-electron chi connectivity index (χ2n) is 8.20. The summed E-state index contributed by atoms with van der Waals surface area (Å²) in [5.41, 5.74) is -0.648. The Kier molecular flexibility index (Phi) is 8.57. The number of carbonyl (C=O) groups is 3. The minimum atomic E-state index is -0.612. The van der Waals surface area contributed by atoms with Gasteiger partial charge in [-0.05, 0) is 33.8 Å². The average Bonchev–Trinajstić information content (AvgIpc) is 2.70. The van der Waals surface area contributed by atoms with E-state index in [0.717, 1.165) is 0 Å². The van der Waals surface area contributed by atoms with Crippen molar-refractivity contribution in [3.8, 4) is 11.5 Å². The van der Waals surface area contributed by atoms with E-state index >= 15 is 0 Å². The van der Waals surface area contributed by atoms with Crippen molar-refractivity contribution in [2.24, 2.45) is 0 Å². The molecule has 3 N–H and O–H groups in total. The highest BCUT2D eigenvalue weighted by Gasteiger charge is 2.29. The van der Waals surface area contributed by atoms with Crippen LogP contribution in [0.5, 0.6) is 11.5 Å². The quantitative estimate of drug-likeness (QED) is 0.544. The molecule has 1 aromatic rings. The predicted molar refractivity (Wildman–Crippen MR) is 118 cm³/mol. The van der Waals surface area contributed by atoms with E-state index in [0.29, 0.717) is 13.2 Å². The van der Waals surface area contributed by atoms with E-state index in [1.807, 2.05) is 0 Å². The fourth-order valence-electron chi connectivity index (χ4n) is 3.01. The van der Waals surface area contributed by atoms with Gasteiger partial charge in [-0.25, -0.2) is 4.79 Å². The van der Waals surface area contributed by atoms with Crippen LogP contribution >= 0.6 is 11.6 Å². The molecule has 11 heteroatoms. The van der Waals surface area contributed by atoms with Crippen LogP contribution in [-0.4, -0.2) is 72.5 Å². The van der Waals surface area contributed by atoms with Crippen molar-refractivity contribution < 1.29 is 33.7 Å². The highest BCUT2D eigenvalue weighted by atomic mass is 35.5. The molecule has 2 rings (SSSR count). The molecular weight excluding hydrogens is 442 g/mol. The molecule has 1 saturated heterocycles. The van der Waals surface area contributed by atoms with Crippen molar-refractivity contribution in [2.45, 2.75) is 46.3 Å². The number of ether oxygens (including phenoxy) is 3. The summed E-state index contributed by atoms with van der Waals surface area (Å²) in [5, 5.41) is 15.6. The molecule has 1 unspecified atom stereocenters. The number of phenols is 1. The van der Waals surface area contributed by atoms with Crippen LogP contribution in [0.3, 0.4) is 0 Å². The molecule has 0 radical (unpaired) electrons. The molecule has 1 aliphatic heterocycles. The maximum absolute atomic E-state index is 12.8. The summed E-state index contributed by atoms with van der Waals surface area (Å²) in [6.07, 6.45) is -0.889. The summed E-state index contributed by atoms with van der Waals surface area (Å²) < 4.78 is 16.5. The number of nitrogens with zero attached hydrogens (tertiary/aromatic N) is 1. The first-order valence-electron chi connectivity index (χ1n) is 10.3. The van der Waals surface area contributed by atoms with Gasteiger partial charge in [0, 0.05) is 20.0 Å². The Bertz CT molecular complexity index is 870. The highest BCUT2D eigenvalue weighted by molar-refractivity contribution is 6.34. The lowest BCUT2D eigenvalue weighted by molar-refractivity contribution is -0.114. The Hall–Kier alpha value is -2.72. The summed E-state index contributed by atoms with van der Waals surface area (Å²) in [4.78, 5) is 38.0. The van der Waals surface area contributed by atoms with Crippen LogP contribution in [0.4, 0.5) is 10.5 Å². The Labute approximate surface area is 192 Å². The van der Waals surface area contributed by atoms with Crippen molar-refractivity contribution in [1.82, 2.24) is 10.2 Å². The zero-order chi connectivity index (χ0) is 24.1. The molecular formula is C21H30ClN3O7. The summed E-state index contributed by atoms with van der Waals surface area (Å²) in [6, 6.07) is 1.31. The van der Waals surface area contributed by atoms with Gasteiger partial charge in [0.1, 0.15) is 11.3 Å². The van der Waals surface area contributed by atoms with Gasteiger partial charge in [-0.1, -0.05) is 11.6 Å². The fourth-order valence-corrected chi connectivity index (χ4v) is 3.26. The number of morpholine rings is 1. The maximum atomic E-state index is 12.8. The molecule has 0 aliphatic carbocycles. The number of benzene rings is 1. The van der Waals surface area contributed by atoms with Crippen LogP contribution in [0.25, 0.3) is 0 Å². The number of rotatable bonds is 6. The van der Waals surface area contributed by atoms with E-state index in [9.17, 15) is 19.5 Å². The first-order chi connectivity index (χ1) is 14.9. The summed E-state index contributed by atoms with van der Waals surface area (Å²) >= 11 is 6.16. The maximum Gasteiger partial charge on any atom is 0.410 e. The van der Waals surface area contributed by atoms with Gasteiger partial charge in [0.25, 0.3) is 5.91 Å². The number of halogens is 1. The highest BCUT2D eigenvalue weighted by Crippen LogP contribution is 2.42. The third-order valence-corrected chi connectivity index (χ3v) is 4.62. The molecule has 1 aromatic carbocycles. The molecule has 0 saturated carbocycles. The zero-order valence-corrected chi connectivity index (χ0v) is 19.7. The molecule has 1 aliphatic rings. The molecule has 32 heavy (non-hydrogen) atoms. The standard InChI is InChI=1S/C21H30ClN3O7/c1-6-30-18-14(9-15(22)16(17(18)27)24-12(2)26)19(28)23-10-13-11-25(7-8-31-13)20(29)32-21(3,4)5/h9,13,27H,6-8,10-11H2,1-5H3,(H,23,28)(H,24,26). The van der Waals surface area contributed by atoms with Crippen LogP contribution in [0.2, 0.25) is 5.02 Å². The largest absolute Gasteiger partial charge is 0.503 e. The third kappa shape index (κ3) is 6.89. The summed E-state index contributed by atoms with van der Waals surface area (Å²) in [6.45, 7) is 9.55. The van der Waals surface area contributed by atoms with E-state index in [1.54, 1.807) is 27.7 Å². The van der Waals surface area contributed by atoms with Gasteiger partial charge in [-0.15, -0.1) is 0 Å². The minimum Gasteiger partial charge on any atom is -0.503 e. The van der Waals surface area contributed by atoms with E-state index < -0.39 is 35.4 Å². The van der Waals surface area contributed by atoms with Crippen molar-refractivity contribution in [2.75, 3.05) is 38.2 Å². The number of anilines is 1. The molecule has 1 heterocycles. The Balaban J connectivity index is 2.10. The Morgan fingerprint density at radius 2 is 2.03 bits per heavy atom. The fraction of sp³-hybridized carbons (Fsp3) is 0.571. The monoisotopic (exact) mass is 471 g/mol. The van der Waals surface area contributed by atoms with Crippen LogP contribution in [-0.2, 0) is 14.3 Å². The number of phenolic OH excluding ortho intramolecular Hbond substituents is 1. The smallest absolute Gasteiger partial charge is 0.410 e. The van der Waals surface area contributed by atoms with Crippen molar-refractivity contribution in [3.63, 3.8) is 0 Å². The second-order valence-corrected chi connectivity index (χ2v) is 8.61. The molecule has 10 nitrogen and oxygen atoms in total. The van der Waals surface area contributed by atoms with Crippen molar-refractivity contribution in [1.29, 1.82) is 0 Å².